The highest BCUT2D eigenvalue weighted by atomic mass is 16.5. The third-order valence-electron chi connectivity index (χ3n) is 2.94. The molecule has 0 heterocycles. The second kappa shape index (κ2) is 6.86. The highest BCUT2D eigenvalue weighted by Crippen LogP contribution is 2.19. The molecule has 5 heteroatoms. The molecule has 0 radical (unpaired) electrons. The van der Waals surface area contributed by atoms with Crippen molar-refractivity contribution in [2.24, 2.45) is 5.73 Å². The van der Waals surface area contributed by atoms with Crippen molar-refractivity contribution in [2.45, 2.75) is 12.5 Å². The van der Waals surface area contributed by atoms with Crippen LogP contribution < -0.4 is 20.7 Å². The van der Waals surface area contributed by atoms with Crippen LogP contribution in [0.5, 0.6) is 5.75 Å². The number of nitrogens with two attached hydrogens (primary N) is 1. The van der Waals surface area contributed by atoms with Gasteiger partial charge in [-0.2, -0.15) is 0 Å². The van der Waals surface area contributed by atoms with Crippen molar-refractivity contribution in [3.05, 3.63) is 24.3 Å². The van der Waals surface area contributed by atoms with Gasteiger partial charge < -0.3 is 20.7 Å². The van der Waals surface area contributed by atoms with Crippen LogP contribution in [-0.4, -0.2) is 39.7 Å². The first kappa shape index (κ1) is 14.3. The molecule has 1 rings (SSSR count). The smallest absolute Gasteiger partial charge is 0.234 e. The number of rotatable bonds is 7. The second-order valence-corrected chi connectivity index (χ2v) is 4.16. The van der Waals surface area contributed by atoms with Crippen LogP contribution in [-0.2, 0) is 4.79 Å². The minimum Gasteiger partial charge on any atom is -0.497 e. The molecule has 0 aromatic heterocycles. The Bertz CT molecular complexity index is 396. The molecular formula is C13H21N3O2. The number of hydrogen-bond acceptors (Lipinski definition) is 4. The molecular weight excluding hydrogens is 230 g/mol. The molecule has 18 heavy (non-hydrogen) atoms. The van der Waals surface area contributed by atoms with Crippen LogP contribution in [0.25, 0.3) is 0 Å². The fourth-order valence-corrected chi connectivity index (χ4v) is 1.73. The maximum Gasteiger partial charge on any atom is 0.234 e. The Kier molecular flexibility index (Phi) is 5.45. The number of nitrogens with one attached hydrogen (secondary N) is 1. The molecule has 5 nitrogen and oxygen atoms in total. The van der Waals surface area contributed by atoms with Gasteiger partial charge in [0, 0.05) is 25.3 Å². The largest absolute Gasteiger partial charge is 0.497 e. The second-order valence-electron chi connectivity index (χ2n) is 4.16. The maximum atomic E-state index is 11.1. The number of benzene rings is 1. The van der Waals surface area contributed by atoms with E-state index < -0.39 is 0 Å². The van der Waals surface area contributed by atoms with Crippen molar-refractivity contribution < 1.29 is 9.53 Å². The Morgan fingerprint density at radius 2 is 2.28 bits per heavy atom. The molecule has 0 saturated carbocycles. The highest BCUT2D eigenvalue weighted by molar-refractivity contribution is 5.79. The lowest BCUT2D eigenvalue weighted by Crippen LogP contribution is -2.41. The molecule has 1 amide bonds. The van der Waals surface area contributed by atoms with Crippen LogP contribution in [0.3, 0.4) is 0 Å². The van der Waals surface area contributed by atoms with Crippen LogP contribution in [0.15, 0.2) is 24.3 Å². The first-order chi connectivity index (χ1) is 8.58. The zero-order valence-corrected chi connectivity index (χ0v) is 11.1. The molecule has 100 valence electrons. The van der Waals surface area contributed by atoms with Crippen LogP contribution in [0.2, 0.25) is 0 Å². The van der Waals surface area contributed by atoms with Gasteiger partial charge in [-0.15, -0.1) is 0 Å². The predicted molar refractivity (Wildman–Crippen MR) is 72.9 cm³/mol. The maximum absolute atomic E-state index is 11.1. The van der Waals surface area contributed by atoms with Gasteiger partial charge in [-0.1, -0.05) is 6.07 Å². The van der Waals surface area contributed by atoms with Crippen molar-refractivity contribution in [3.63, 3.8) is 0 Å². The number of amides is 1. The minimum atomic E-state index is -0.323. The Morgan fingerprint density at radius 3 is 2.83 bits per heavy atom. The minimum absolute atomic E-state index is 0.293. The van der Waals surface area contributed by atoms with E-state index in [0.29, 0.717) is 6.42 Å². The van der Waals surface area contributed by atoms with E-state index >= 15 is 0 Å². The Morgan fingerprint density at radius 1 is 1.56 bits per heavy atom. The molecule has 0 aliphatic heterocycles. The van der Waals surface area contributed by atoms with E-state index in [-0.39, 0.29) is 11.9 Å². The molecule has 0 bridgehead atoms. The first-order valence-corrected chi connectivity index (χ1v) is 5.90. The quantitative estimate of drug-likeness (QED) is 0.744. The summed E-state index contributed by atoms with van der Waals surface area (Å²) >= 11 is 0. The van der Waals surface area contributed by atoms with Crippen LogP contribution in [0.1, 0.15) is 6.42 Å². The fraction of sp³-hybridized carbons (Fsp3) is 0.462. The molecule has 0 saturated heterocycles. The number of nitrogens with zero attached hydrogens (tertiary/aromatic N) is 1. The van der Waals surface area contributed by atoms with Crippen LogP contribution in [0, 0.1) is 0 Å². The normalized spacial score (nSPS) is 11.9. The predicted octanol–water partition coefficient (Wildman–Crippen LogP) is 0.595. The van der Waals surface area contributed by atoms with Gasteiger partial charge in [0.1, 0.15) is 5.75 Å². The summed E-state index contributed by atoms with van der Waals surface area (Å²) in [6, 6.07) is 7.50. The Balaban J connectivity index is 2.59. The number of carbonyl (C=O) groups is 1. The number of likely N-dealkylation sites (N-methyl/N-ethyl adjacent to an activating group) is 1. The molecule has 0 aliphatic rings. The van der Waals surface area contributed by atoms with Crippen molar-refractivity contribution in [1.29, 1.82) is 0 Å². The van der Waals surface area contributed by atoms with Crippen molar-refractivity contribution >= 4 is 11.6 Å². The summed E-state index contributed by atoms with van der Waals surface area (Å²) in [5, 5.41) is 2.90. The van der Waals surface area contributed by atoms with Crippen LogP contribution >= 0.6 is 0 Å². The number of anilines is 1. The van der Waals surface area contributed by atoms with Gasteiger partial charge >= 0.3 is 0 Å². The van der Waals surface area contributed by atoms with Gasteiger partial charge in [-0.05, 0) is 25.6 Å². The summed E-state index contributed by atoms with van der Waals surface area (Å²) in [6.07, 6.45) is 0.666. The van der Waals surface area contributed by atoms with Gasteiger partial charge in [0.05, 0.1) is 13.2 Å². The van der Waals surface area contributed by atoms with Gasteiger partial charge in [0.2, 0.25) is 5.91 Å². The number of hydrogen-bond donors (Lipinski definition) is 2. The van der Waals surface area contributed by atoms with Gasteiger partial charge in [-0.3, -0.25) is 4.79 Å². The van der Waals surface area contributed by atoms with Gasteiger partial charge in [0.15, 0.2) is 0 Å². The SMILES string of the molecule is CNC(CCN(C)c1cccc(OC)c1)C(N)=O. The number of ether oxygens (including phenoxy) is 1. The Hall–Kier alpha value is -1.75. The molecule has 1 atom stereocenters. The summed E-state index contributed by atoms with van der Waals surface area (Å²) in [5.74, 6) is 0.496. The third kappa shape index (κ3) is 3.92. The summed E-state index contributed by atoms with van der Waals surface area (Å²) in [4.78, 5) is 13.2. The molecule has 1 aromatic rings. The van der Waals surface area contributed by atoms with E-state index in [1.54, 1.807) is 14.2 Å². The summed E-state index contributed by atoms with van der Waals surface area (Å²) in [6.45, 7) is 0.738. The molecule has 0 fully saturated rings. The molecule has 1 unspecified atom stereocenters. The van der Waals surface area contributed by atoms with E-state index in [1.807, 2.05) is 31.3 Å². The number of methoxy groups -OCH3 is 1. The lowest BCUT2D eigenvalue weighted by atomic mass is 10.2. The highest BCUT2D eigenvalue weighted by Gasteiger charge is 2.13. The average Bonchev–Trinajstić information content (AvgIpc) is 2.38. The van der Waals surface area contributed by atoms with Crippen LogP contribution in [0.4, 0.5) is 5.69 Å². The number of carbonyl (C=O) groups excluding carboxylic acids is 1. The van der Waals surface area contributed by atoms with Crippen molar-refractivity contribution in [2.75, 3.05) is 32.6 Å². The first-order valence-electron chi connectivity index (χ1n) is 5.90. The van der Waals surface area contributed by atoms with E-state index in [9.17, 15) is 4.79 Å². The van der Waals surface area contributed by atoms with E-state index in [0.717, 1.165) is 18.0 Å². The third-order valence-corrected chi connectivity index (χ3v) is 2.94. The summed E-state index contributed by atoms with van der Waals surface area (Å²) in [7, 11) is 5.35. The standard InChI is InChI=1S/C13H21N3O2/c1-15-12(13(14)17)7-8-16(2)10-5-4-6-11(9-10)18-3/h4-6,9,12,15H,7-8H2,1-3H3,(H2,14,17). The molecule has 0 aliphatic carbocycles. The zero-order valence-electron chi connectivity index (χ0n) is 11.1. The van der Waals surface area contributed by atoms with Crippen molar-refractivity contribution in [3.8, 4) is 5.75 Å². The molecule has 1 aromatic carbocycles. The topological polar surface area (TPSA) is 67.6 Å². The zero-order chi connectivity index (χ0) is 13.5. The molecule has 0 spiro atoms. The van der Waals surface area contributed by atoms with E-state index in [1.165, 1.54) is 0 Å². The lowest BCUT2D eigenvalue weighted by Gasteiger charge is -2.22. The van der Waals surface area contributed by atoms with Crippen molar-refractivity contribution in [1.82, 2.24) is 5.32 Å². The van der Waals surface area contributed by atoms with E-state index in [2.05, 4.69) is 10.2 Å². The monoisotopic (exact) mass is 251 g/mol. The number of primary amides is 1. The van der Waals surface area contributed by atoms with Gasteiger partial charge in [-0.25, -0.2) is 0 Å². The Labute approximate surface area is 108 Å². The lowest BCUT2D eigenvalue weighted by molar-refractivity contribution is -0.120. The summed E-state index contributed by atoms with van der Waals surface area (Å²) < 4.78 is 5.18. The average molecular weight is 251 g/mol. The fourth-order valence-electron chi connectivity index (χ4n) is 1.73. The van der Waals surface area contributed by atoms with E-state index in [4.69, 9.17) is 10.5 Å². The summed E-state index contributed by atoms with van der Waals surface area (Å²) in [5.41, 5.74) is 6.33. The molecule has 3 N–H and O–H groups in total. The van der Waals surface area contributed by atoms with Gasteiger partial charge in [0.25, 0.3) is 0 Å².